The number of amides is 1. The van der Waals surface area contributed by atoms with Gasteiger partial charge in [-0.05, 0) is 19.1 Å². The molecule has 18 heavy (non-hydrogen) atoms. The van der Waals surface area contributed by atoms with E-state index in [1.165, 1.54) is 13.0 Å². The molecule has 0 radical (unpaired) electrons. The van der Waals surface area contributed by atoms with Crippen molar-refractivity contribution in [1.82, 2.24) is 4.98 Å². The standard InChI is InChI=1S/C11H12N2O4S/c1-4-9-6-5-7-10(12-9)13-11(14)8(2)17-18(3,15)16/h1,5-8H,2-3H3,(H,12,13,14)/t8-/m0/s1. The van der Waals surface area contributed by atoms with Gasteiger partial charge in [0.15, 0.2) is 6.10 Å². The number of carbonyl (C=O) groups is 1. The number of carbonyl (C=O) groups excluding carboxylic acids is 1. The Kier molecular flexibility index (Phi) is 4.42. The van der Waals surface area contributed by atoms with Gasteiger partial charge in [0, 0.05) is 0 Å². The number of anilines is 1. The van der Waals surface area contributed by atoms with Crippen molar-refractivity contribution in [1.29, 1.82) is 0 Å². The summed E-state index contributed by atoms with van der Waals surface area (Å²) in [6.45, 7) is 1.32. The van der Waals surface area contributed by atoms with Crippen LogP contribution in [0.25, 0.3) is 0 Å². The maximum Gasteiger partial charge on any atom is 0.265 e. The Balaban J connectivity index is 2.73. The molecular formula is C11H12N2O4S. The average Bonchev–Trinajstić information content (AvgIpc) is 2.27. The summed E-state index contributed by atoms with van der Waals surface area (Å²) in [6.07, 6.45) is 4.89. The van der Waals surface area contributed by atoms with Gasteiger partial charge in [-0.25, -0.2) is 4.98 Å². The molecule has 0 spiro atoms. The molecule has 6 nitrogen and oxygen atoms in total. The van der Waals surface area contributed by atoms with E-state index in [4.69, 9.17) is 6.42 Å². The van der Waals surface area contributed by atoms with Crippen molar-refractivity contribution in [2.75, 3.05) is 11.6 Å². The topological polar surface area (TPSA) is 85.4 Å². The highest BCUT2D eigenvalue weighted by Gasteiger charge is 2.19. The van der Waals surface area contributed by atoms with Crippen molar-refractivity contribution in [2.24, 2.45) is 0 Å². The highest BCUT2D eigenvalue weighted by molar-refractivity contribution is 7.86. The second-order valence-electron chi connectivity index (χ2n) is 3.48. The van der Waals surface area contributed by atoms with Gasteiger partial charge in [0.05, 0.1) is 6.26 Å². The molecule has 0 aliphatic rings. The molecule has 0 saturated carbocycles. The molecule has 0 unspecified atom stereocenters. The van der Waals surface area contributed by atoms with Crippen LogP contribution in [-0.2, 0) is 19.1 Å². The molecule has 7 heteroatoms. The first-order valence-corrected chi connectivity index (χ1v) is 6.76. The highest BCUT2D eigenvalue weighted by atomic mass is 32.2. The van der Waals surface area contributed by atoms with Crippen LogP contribution >= 0.6 is 0 Å². The summed E-state index contributed by atoms with van der Waals surface area (Å²) in [5.74, 6) is 1.93. The fraction of sp³-hybridized carbons (Fsp3) is 0.273. The van der Waals surface area contributed by atoms with Gasteiger partial charge in [0.25, 0.3) is 16.0 Å². The van der Waals surface area contributed by atoms with Gasteiger partial charge in [-0.15, -0.1) is 6.42 Å². The Morgan fingerprint density at radius 1 is 1.56 bits per heavy atom. The Hall–Kier alpha value is -1.91. The summed E-state index contributed by atoms with van der Waals surface area (Å²) in [6, 6.07) is 4.76. The van der Waals surface area contributed by atoms with Crippen LogP contribution < -0.4 is 5.32 Å². The van der Waals surface area contributed by atoms with Crippen molar-refractivity contribution < 1.29 is 17.4 Å². The van der Waals surface area contributed by atoms with Gasteiger partial charge in [-0.3, -0.25) is 8.98 Å². The molecule has 0 fully saturated rings. The van der Waals surface area contributed by atoms with Gasteiger partial charge in [0.1, 0.15) is 11.5 Å². The number of rotatable bonds is 4. The van der Waals surface area contributed by atoms with E-state index in [0.717, 1.165) is 6.26 Å². The Morgan fingerprint density at radius 3 is 2.78 bits per heavy atom. The third kappa shape index (κ3) is 4.53. The number of hydrogen-bond acceptors (Lipinski definition) is 5. The van der Waals surface area contributed by atoms with Crippen LogP contribution in [0.4, 0.5) is 5.82 Å². The van der Waals surface area contributed by atoms with E-state index in [1.807, 2.05) is 0 Å². The molecule has 1 rings (SSSR count). The van der Waals surface area contributed by atoms with E-state index in [0.29, 0.717) is 5.69 Å². The quantitative estimate of drug-likeness (QED) is 0.629. The van der Waals surface area contributed by atoms with Crippen LogP contribution in [0.5, 0.6) is 0 Å². The first kappa shape index (κ1) is 14.2. The number of terminal acetylenes is 1. The number of pyridine rings is 1. The number of nitrogens with zero attached hydrogens (tertiary/aromatic N) is 1. The van der Waals surface area contributed by atoms with Gasteiger partial charge in [0.2, 0.25) is 0 Å². The molecule has 0 bridgehead atoms. The minimum atomic E-state index is -3.69. The Labute approximate surface area is 105 Å². The normalized spacial score (nSPS) is 12.5. The average molecular weight is 268 g/mol. The molecule has 1 heterocycles. The first-order valence-electron chi connectivity index (χ1n) is 4.94. The zero-order valence-corrected chi connectivity index (χ0v) is 10.7. The minimum Gasteiger partial charge on any atom is -0.308 e. The highest BCUT2D eigenvalue weighted by Crippen LogP contribution is 2.06. The van der Waals surface area contributed by atoms with E-state index >= 15 is 0 Å². The molecule has 1 aromatic rings. The van der Waals surface area contributed by atoms with Crippen LogP contribution in [0.15, 0.2) is 18.2 Å². The molecule has 1 aromatic heterocycles. The third-order valence-corrected chi connectivity index (χ3v) is 2.47. The Morgan fingerprint density at radius 2 is 2.22 bits per heavy atom. The molecule has 0 saturated heterocycles. The molecule has 0 aromatic carbocycles. The van der Waals surface area contributed by atoms with Crippen molar-refractivity contribution >= 4 is 21.8 Å². The summed E-state index contributed by atoms with van der Waals surface area (Å²) in [5.41, 5.74) is 0.365. The maximum absolute atomic E-state index is 11.6. The summed E-state index contributed by atoms with van der Waals surface area (Å²) in [5, 5.41) is 2.40. The van der Waals surface area contributed by atoms with E-state index < -0.39 is 22.1 Å². The lowest BCUT2D eigenvalue weighted by atomic mass is 10.3. The van der Waals surface area contributed by atoms with Crippen molar-refractivity contribution in [3.05, 3.63) is 23.9 Å². The largest absolute Gasteiger partial charge is 0.308 e. The zero-order chi connectivity index (χ0) is 13.8. The SMILES string of the molecule is C#Cc1cccc(NC(=O)[C@H](C)OS(C)(=O)=O)n1. The van der Waals surface area contributed by atoms with Crippen molar-refractivity contribution in [3.8, 4) is 12.3 Å². The zero-order valence-electron chi connectivity index (χ0n) is 9.88. The lowest BCUT2D eigenvalue weighted by Gasteiger charge is -2.11. The van der Waals surface area contributed by atoms with Crippen LogP contribution in [0.3, 0.4) is 0 Å². The molecule has 96 valence electrons. The van der Waals surface area contributed by atoms with Crippen LogP contribution in [0.1, 0.15) is 12.6 Å². The molecule has 1 atom stereocenters. The van der Waals surface area contributed by atoms with E-state index in [-0.39, 0.29) is 5.82 Å². The predicted octanol–water partition coefficient (Wildman–Crippen LogP) is 0.366. The molecular weight excluding hydrogens is 256 g/mol. The summed E-state index contributed by atoms with van der Waals surface area (Å²) < 4.78 is 26.2. The van der Waals surface area contributed by atoms with Gasteiger partial charge in [-0.2, -0.15) is 8.42 Å². The van der Waals surface area contributed by atoms with Gasteiger partial charge < -0.3 is 5.32 Å². The summed E-state index contributed by atoms with van der Waals surface area (Å²) >= 11 is 0. The van der Waals surface area contributed by atoms with E-state index in [1.54, 1.807) is 12.1 Å². The second-order valence-corrected chi connectivity index (χ2v) is 5.08. The van der Waals surface area contributed by atoms with Gasteiger partial charge >= 0.3 is 0 Å². The first-order chi connectivity index (χ1) is 8.31. The molecule has 0 aliphatic carbocycles. The lowest BCUT2D eigenvalue weighted by Crippen LogP contribution is -2.30. The summed E-state index contributed by atoms with van der Waals surface area (Å²) in [4.78, 5) is 15.5. The monoisotopic (exact) mass is 268 g/mol. The van der Waals surface area contributed by atoms with E-state index in [2.05, 4.69) is 20.4 Å². The fourth-order valence-corrected chi connectivity index (χ4v) is 1.73. The molecule has 1 amide bonds. The maximum atomic E-state index is 11.6. The number of hydrogen-bond donors (Lipinski definition) is 1. The van der Waals surface area contributed by atoms with Crippen molar-refractivity contribution in [3.63, 3.8) is 0 Å². The minimum absolute atomic E-state index is 0.236. The van der Waals surface area contributed by atoms with Crippen molar-refractivity contribution in [2.45, 2.75) is 13.0 Å². The van der Waals surface area contributed by atoms with Gasteiger partial charge in [-0.1, -0.05) is 12.0 Å². The van der Waals surface area contributed by atoms with Crippen LogP contribution in [-0.4, -0.2) is 31.7 Å². The third-order valence-electron chi connectivity index (χ3n) is 1.84. The second kappa shape index (κ2) is 5.62. The lowest BCUT2D eigenvalue weighted by molar-refractivity contribution is -0.121. The van der Waals surface area contributed by atoms with E-state index in [9.17, 15) is 13.2 Å². The van der Waals surface area contributed by atoms with Crippen LogP contribution in [0.2, 0.25) is 0 Å². The fourth-order valence-electron chi connectivity index (χ4n) is 1.12. The Bertz CT molecular complexity index is 589. The summed E-state index contributed by atoms with van der Waals surface area (Å²) in [7, 11) is -3.69. The number of nitrogens with one attached hydrogen (secondary N) is 1. The molecule has 0 aliphatic heterocycles. The smallest absolute Gasteiger partial charge is 0.265 e. The molecule has 1 N–H and O–H groups in total. The number of aromatic nitrogens is 1. The van der Waals surface area contributed by atoms with Crippen LogP contribution in [0, 0.1) is 12.3 Å². The predicted molar refractivity (Wildman–Crippen MR) is 66.2 cm³/mol.